The van der Waals surface area contributed by atoms with Crippen molar-refractivity contribution in [1.82, 2.24) is 9.97 Å². The fourth-order valence-corrected chi connectivity index (χ4v) is 0.985. The molecule has 0 saturated heterocycles. The molecule has 1 aliphatic heterocycles. The lowest BCUT2D eigenvalue weighted by atomic mass is 10.5. The van der Waals surface area contributed by atoms with Gasteiger partial charge in [0.1, 0.15) is 0 Å². The highest BCUT2D eigenvalue weighted by atomic mass is 35.5. The predicted octanol–water partition coefficient (Wildman–Crippen LogP) is 1.26. The molecular formula is C8H9ClN4. The molecular weight excluding hydrogens is 188 g/mol. The molecule has 0 atom stereocenters. The highest BCUT2D eigenvalue weighted by Crippen LogP contribution is 2.08. The fourth-order valence-electron chi connectivity index (χ4n) is 0.985. The number of aromatic nitrogens is 2. The van der Waals surface area contributed by atoms with Crippen LogP contribution in [0.25, 0.3) is 0 Å². The van der Waals surface area contributed by atoms with Crippen molar-refractivity contribution in [3.8, 4) is 0 Å². The van der Waals surface area contributed by atoms with Crippen molar-refractivity contribution in [2.45, 2.75) is 0 Å². The molecule has 0 aliphatic carbocycles. The van der Waals surface area contributed by atoms with Crippen LogP contribution in [0.5, 0.6) is 0 Å². The lowest BCUT2D eigenvalue weighted by Gasteiger charge is -2.17. The molecule has 0 amide bonds. The molecule has 4 nitrogen and oxygen atoms in total. The lowest BCUT2D eigenvalue weighted by Crippen LogP contribution is -2.21. The molecule has 0 radical (unpaired) electrons. The maximum Gasteiger partial charge on any atom is 0.151 e. The van der Waals surface area contributed by atoms with Crippen molar-refractivity contribution in [1.29, 1.82) is 0 Å². The zero-order valence-corrected chi connectivity index (χ0v) is 7.68. The van der Waals surface area contributed by atoms with Gasteiger partial charge in [0.2, 0.25) is 0 Å². The van der Waals surface area contributed by atoms with E-state index in [0.717, 1.165) is 12.4 Å². The Balaban J connectivity index is 0.000000845. The Kier molecular flexibility index (Phi) is 3.40. The average Bonchev–Trinajstić information content (AvgIpc) is 2.21. The van der Waals surface area contributed by atoms with Crippen LogP contribution in [0, 0.1) is 0 Å². The second kappa shape index (κ2) is 4.57. The van der Waals surface area contributed by atoms with Gasteiger partial charge in [-0.15, -0.1) is 12.4 Å². The van der Waals surface area contributed by atoms with E-state index in [9.17, 15) is 0 Å². The van der Waals surface area contributed by atoms with Gasteiger partial charge in [0, 0.05) is 31.0 Å². The third-order valence-electron chi connectivity index (χ3n) is 1.56. The van der Waals surface area contributed by atoms with Crippen LogP contribution in [0.2, 0.25) is 0 Å². The van der Waals surface area contributed by atoms with E-state index in [0.29, 0.717) is 0 Å². The summed E-state index contributed by atoms with van der Waals surface area (Å²) in [6.45, 7) is 0.759. The molecule has 0 bridgehead atoms. The first-order chi connectivity index (χ1) is 5.97. The standard InChI is InChI=1S/C8H8N4.ClH/c1-2-11-8(7-10-1)12-5-3-9-4-6-12;/h1-5,7H,6H2;1H. The summed E-state index contributed by atoms with van der Waals surface area (Å²) in [5, 5.41) is 0. The summed E-state index contributed by atoms with van der Waals surface area (Å²) in [4.78, 5) is 14.1. The van der Waals surface area contributed by atoms with Crippen LogP contribution >= 0.6 is 12.4 Å². The first-order valence-electron chi connectivity index (χ1n) is 3.68. The highest BCUT2D eigenvalue weighted by molar-refractivity contribution is 5.85. The molecule has 0 spiro atoms. The largest absolute Gasteiger partial charge is 0.325 e. The maximum atomic E-state index is 4.15. The third kappa shape index (κ3) is 2.26. The Morgan fingerprint density at radius 1 is 1.31 bits per heavy atom. The SMILES string of the molecule is C1=CN(c2cnccn2)CC=N1.Cl. The minimum Gasteiger partial charge on any atom is -0.325 e. The second-order valence-electron chi connectivity index (χ2n) is 2.35. The number of hydrogen-bond donors (Lipinski definition) is 0. The topological polar surface area (TPSA) is 41.4 Å². The smallest absolute Gasteiger partial charge is 0.151 e. The van der Waals surface area contributed by atoms with Crippen LogP contribution in [0.1, 0.15) is 0 Å². The van der Waals surface area contributed by atoms with Gasteiger partial charge in [0.25, 0.3) is 0 Å². The second-order valence-corrected chi connectivity index (χ2v) is 2.35. The summed E-state index contributed by atoms with van der Waals surface area (Å²) in [5.41, 5.74) is 0. The molecule has 1 aliphatic rings. The van der Waals surface area contributed by atoms with Crippen molar-refractivity contribution in [3.63, 3.8) is 0 Å². The van der Waals surface area contributed by atoms with Crippen molar-refractivity contribution in [2.75, 3.05) is 11.4 Å². The van der Waals surface area contributed by atoms with Gasteiger partial charge < -0.3 is 4.90 Å². The van der Waals surface area contributed by atoms with Crippen LogP contribution in [-0.4, -0.2) is 22.7 Å². The molecule has 0 fully saturated rings. The molecule has 5 heteroatoms. The first-order valence-corrected chi connectivity index (χ1v) is 3.68. The van der Waals surface area contributed by atoms with Crippen LogP contribution in [0.3, 0.4) is 0 Å². The average molecular weight is 197 g/mol. The summed E-state index contributed by atoms with van der Waals surface area (Å²) in [7, 11) is 0. The highest BCUT2D eigenvalue weighted by Gasteiger charge is 2.03. The number of rotatable bonds is 1. The van der Waals surface area contributed by atoms with Gasteiger partial charge in [0.15, 0.2) is 5.82 Å². The van der Waals surface area contributed by atoms with E-state index >= 15 is 0 Å². The van der Waals surface area contributed by atoms with Gasteiger partial charge in [-0.1, -0.05) is 0 Å². The minimum absolute atomic E-state index is 0. The molecule has 2 heterocycles. The zero-order chi connectivity index (χ0) is 8.23. The molecule has 0 N–H and O–H groups in total. The Labute approximate surface area is 82.4 Å². The Morgan fingerprint density at radius 3 is 2.85 bits per heavy atom. The molecule has 1 aromatic rings. The van der Waals surface area contributed by atoms with Gasteiger partial charge in [-0.25, -0.2) is 4.98 Å². The number of nitrogens with zero attached hydrogens (tertiary/aromatic N) is 4. The number of anilines is 1. The number of aliphatic imine (C=N–C) groups is 1. The third-order valence-corrected chi connectivity index (χ3v) is 1.56. The first kappa shape index (κ1) is 9.67. The summed E-state index contributed by atoms with van der Waals surface area (Å²) >= 11 is 0. The molecule has 2 rings (SSSR count). The summed E-state index contributed by atoms with van der Waals surface area (Å²) in [6.07, 6.45) is 10.5. The van der Waals surface area contributed by atoms with Gasteiger partial charge in [-0.2, -0.15) is 0 Å². The van der Waals surface area contributed by atoms with Gasteiger partial charge >= 0.3 is 0 Å². The van der Waals surface area contributed by atoms with Gasteiger partial charge in [0.05, 0.1) is 12.7 Å². The molecule has 0 aromatic carbocycles. The van der Waals surface area contributed by atoms with E-state index in [-0.39, 0.29) is 12.4 Å². The van der Waals surface area contributed by atoms with Crippen LogP contribution < -0.4 is 4.90 Å². The zero-order valence-electron chi connectivity index (χ0n) is 6.87. The van der Waals surface area contributed by atoms with E-state index in [1.165, 1.54) is 0 Å². The maximum absolute atomic E-state index is 4.15. The van der Waals surface area contributed by atoms with Crippen LogP contribution in [0.15, 0.2) is 36.0 Å². The monoisotopic (exact) mass is 196 g/mol. The molecule has 0 saturated carbocycles. The molecule has 13 heavy (non-hydrogen) atoms. The fraction of sp³-hybridized carbons (Fsp3) is 0.125. The Hall–Kier alpha value is -1.42. The lowest BCUT2D eigenvalue weighted by molar-refractivity contribution is 1.03. The molecule has 68 valence electrons. The van der Waals surface area contributed by atoms with Gasteiger partial charge in [-0.05, 0) is 0 Å². The van der Waals surface area contributed by atoms with E-state index in [1.807, 2.05) is 17.3 Å². The van der Waals surface area contributed by atoms with Gasteiger partial charge in [-0.3, -0.25) is 9.98 Å². The van der Waals surface area contributed by atoms with E-state index in [1.54, 1.807) is 24.8 Å². The Bertz CT molecular complexity index is 309. The normalized spacial score (nSPS) is 14.0. The van der Waals surface area contributed by atoms with Crippen molar-refractivity contribution in [3.05, 3.63) is 31.0 Å². The summed E-state index contributed by atoms with van der Waals surface area (Å²) < 4.78 is 0. The quantitative estimate of drug-likeness (QED) is 0.679. The minimum atomic E-state index is 0. The predicted molar refractivity (Wildman–Crippen MR) is 54.3 cm³/mol. The van der Waals surface area contributed by atoms with E-state index in [2.05, 4.69) is 15.0 Å². The van der Waals surface area contributed by atoms with Crippen LogP contribution in [-0.2, 0) is 0 Å². The van der Waals surface area contributed by atoms with E-state index in [4.69, 9.17) is 0 Å². The Morgan fingerprint density at radius 2 is 2.23 bits per heavy atom. The number of hydrogen-bond acceptors (Lipinski definition) is 4. The summed E-state index contributed by atoms with van der Waals surface area (Å²) in [5.74, 6) is 0.847. The van der Waals surface area contributed by atoms with Crippen molar-refractivity contribution < 1.29 is 0 Å². The van der Waals surface area contributed by atoms with Crippen molar-refractivity contribution in [2.24, 2.45) is 4.99 Å². The molecule has 1 aromatic heterocycles. The van der Waals surface area contributed by atoms with Crippen molar-refractivity contribution >= 4 is 24.4 Å². The number of halogens is 1. The van der Waals surface area contributed by atoms with E-state index < -0.39 is 0 Å². The summed E-state index contributed by atoms with van der Waals surface area (Å²) in [6, 6.07) is 0. The van der Waals surface area contributed by atoms with Crippen LogP contribution in [0.4, 0.5) is 5.82 Å². The molecule has 0 unspecified atom stereocenters.